The summed E-state index contributed by atoms with van der Waals surface area (Å²) in [7, 11) is 0. The van der Waals surface area contributed by atoms with Gasteiger partial charge in [-0.05, 0) is 0 Å². The number of nitrogens with two attached hydrogens (primary N) is 2. The number of hydrogen-bond donors (Lipinski definition) is 3. The average Bonchev–Trinajstić information content (AvgIpc) is 3.30. The molecule has 27 heavy (non-hydrogen) atoms. The lowest BCUT2D eigenvalue weighted by Crippen LogP contribution is -2.04. The van der Waals surface area contributed by atoms with E-state index >= 15 is 0 Å². The lowest BCUT2D eigenvalue weighted by Gasteiger charge is -1.99. The van der Waals surface area contributed by atoms with Crippen LogP contribution in [0.5, 0.6) is 0 Å². The molecule has 4 aromatic heterocycles. The highest BCUT2D eigenvalue weighted by atomic mass is 19.3. The topological polar surface area (TPSA) is 150 Å². The predicted octanol–water partition coefficient (Wildman–Crippen LogP) is 1.77. The van der Waals surface area contributed by atoms with Crippen molar-refractivity contribution in [2.75, 3.05) is 11.5 Å². The fourth-order valence-electron chi connectivity index (χ4n) is 2.06. The van der Waals surface area contributed by atoms with E-state index in [0.29, 0.717) is 21.8 Å². The number of anilines is 2. The minimum absolute atomic E-state index is 0.0937. The van der Waals surface area contributed by atoms with Crippen LogP contribution < -0.4 is 11.5 Å². The molecule has 0 saturated heterocycles. The van der Waals surface area contributed by atoms with Crippen LogP contribution in [0.4, 0.5) is 20.4 Å². The Kier molecular flexibility index (Phi) is 5.25. The molecule has 4 rings (SSSR count). The van der Waals surface area contributed by atoms with Crippen LogP contribution in [0.2, 0.25) is 0 Å². The summed E-state index contributed by atoms with van der Waals surface area (Å²) in [6.07, 6.45) is 9.16. The van der Waals surface area contributed by atoms with E-state index in [9.17, 15) is 8.78 Å². The van der Waals surface area contributed by atoms with Gasteiger partial charge in [-0.25, -0.2) is 19.9 Å². The first kappa shape index (κ1) is 17.8. The minimum atomic E-state index is -2.75. The number of alkyl halides is 2. The lowest BCUT2D eigenvalue weighted by atomic mass is 10.2. The number of aromatic amines is 1. The van der Waals surface area contributed by atoms with Gasteiger partial charge in [0.15, 0.2) is 0 Å². The summed E-state index contributed by atoms with van der Waals surface area (Å²) >= 11 is 0. The number of nitrogens with one attached hydrogen (secondary N) is 1. The molecule has 0 aliphatic rings. The first-order valence-corrected chi connectivity index (χ1v) is 7.49. The summed E-state index contributed by atoms with van der Waals surface area (Å²) in [4.78, 5) is 15.3. The van der Waals surface area contributed by atoms with Crippen molar-refractivity contribution in [1.82, 2.24) is 39.9 Å². The molecule has 0 spiro atoms. The Hall–Kier alpha value is -3.96. The Bertz CT molecular complexity index is 984. The molecular weight excluding hydrogens is 358 g/mol. The highest BCUT2D eigenvalue weighted by Crippen LogP contribution is 2.22. The second-order valence-electron chi connectivity index (χ2n) is 5.14. The summed E-state index contributed by atoms with van der Waals surface area (Å²) < 4.78 is 25.1. The zero-order valence-corrected chi connectivity index (χ0v) is 13.7. The second-order valence-corrected chi connectivity index (χ2v) is 5.14. The molecule has 5 N–H and O–H groups in total. The summed E-state index contributed by atoms with van der Waals surface area (Å²) in [5.41, 5.74) is 13.4. The van der Waals surface area contributed by atoms with Crippen molar-refractivity contribution in [2.45, 2.75) is 6.55 Å². The maximum absolute atomic E-state index is 12.3. The molecule has 0 radical (unpaired) electrons. The van der Waals surface area contributed by atoms with Crippen molar-refractivity contribution < 1.29 is 8.78 Å². The third-order valence-corrected chi connectivity index (χ3v) is 3.28. The van der Waals surface area contributed by atoms with Gasteiger partial charge in [0.05, 0.1) is 11.4 Å². The van der Waals surface area contributed by atoms with E-state index in [1.54, 1.807) is 18.5 Å². The summed E-state index contributed by atoms with van der Waals surface area (Å²) in [5.74, 6) is 0.373. The fraction of sp³-hybridized carbons (Fsp3) is 0.0667. The van der Waals surface area contributed by atoms with Crippen molar-refractivity contribution >= 4 is 11.6 Å². The van der Waals surface area contributed by atoms with Crippen molar-refractivity contribution in [3.05, 3.63) is 49.6 Å². The number of aromatic nitrogens is 8. The van der Waals surface area contributed by atoms with Gasteiger partial charge in [0.25, 0.3) is 0 Å². The van der Waals surface area contributed by atoms with Gasteiger partial charge in [-0.15, -0.1) is 0 Å². The number of nitrogens with zero attached hydrogens (tertiary/aromatic N) is 7. The zero-order valence-electron chi connectivity index (χ0n) is 13.7. The van der Waals surface area contributed by atoms with E-state index in [2.05, 4.69) is 35.2 Å². The van der Waals surface area contributed by atoms with Gasteiger partial charge >= 0.3 is 6.55 Å². The van der Waals surface area contributed by atoms with Crippen LogP contribution in [0, 0.1) is 0 Å². The van der Waals surface area contributed by atoms with E-state index in [1.165, 1.54) is 31.1 Å². The number of hydrogen-bond acceptors (Lipinski definition) is 8. The Morgan fingerprint density at radius 1 is 0.889 bits per heavy atom. The van der Waals surface area contributed by atoms with E-state index < -0.39 is 6.55 Å². The smallest absolute Gasteiger partial charge is 0.335 e. The van der Waals surface area contributed by atoms with Crippen molar-refractivity contribution in [3.8, 4) is 22.5 Å². The molecule has 0 amide bonds. The van der Waals surface area contributed by atoms with Gasteiger partial charge in [0, 0.05) is 48.0 Å². The monoisotopic (exact) mass is 372 g/mol. The van der Waals surface area contributed by atoms with Crippen molar-refractivity contribution in [2.24, 2.45) is 0 Å². The number of H-pyrrole nitrogens is 1. The maximum Gasteiger partial charge on any atom is 0.335 e. The third-order valence-electron chi connectivity index (χ3n) is 3.28. The highest BCUT2D eigenvalue weighted by molar-refractivity contribution is 5.60. The normalized spacial score (nSPS) is 10.5. The second kappa shape index (κ2) is 7.95. The number of rotatable bonds is 3. The highest BCUT2D eigenvalue weighted by Gasteiger charge is 2.13. The number of halogens is 2. The Labute approximate surface area is 151 Å². The van der Waals surface area contributed by atoms with Gasteiger partial charge in [-0.3, -0.25) is 5.10 Å². The lowest BCUT2D eigenvalue weighted by molar-refractivity contribution is 0.0594. The van der Waals surface area contributed by atoms with Crippen LogP contribution in [0.15, 0.2) is 49.6 Å². The summed E-state index contributed by atoms with van der Waals surface area (Å²) in [6.45, 7) is -2.75. The maximum atomic E-state index is 12.3. The molecule has 0 unspecified atom stereocenters. The zero-order chi connectivity index (χ0) is 19.2. The molecular formula is C15H14F2N10. The van der Waals surface area contributed by atoms with Crippen LogP contribution in [0.1, 0.15) is 6.55 Å². The summed E-state index contributed by atoms with van der Waals surface area (Å²) in [6, 6.07) is 3.09. The van der Waals surface area contributed by atoms with Crippen LogP contribution in [0.25, 0.3) is 22.5 Å². The van der Waals surface area contributed by atoms with Gasteiger partial charge < -0.3 is 11.5 Å². The molecule has 0 bridgehead atoms. The molecule has 4 aromatic rings. The van der Waals surface area contributed by atoms with E-state index in [-0.39, 0.29) is 5.82 Å². The average molecular weight is 372 g/mol. The van der Waals surface area contributed by atoms with Crippen LogP contribution in [0.3, 0.4) is 0 Å². The molecule has 138 valence electrons. The minimum Gasteiger partial charge on any atom is -0.384 e. The Morgan fingerprint density at radius 2 is 1.48 bits per heavy atom. The molecule has 0 aliphatic heterocycles. The van der Waals surface area contributed by atoms with Gasteiger partial charge in [-0.1, -0.05) is 0 Å². The van der Waals surface area contributed by atoms with Gasteiger partial charge in [-0.2, -0.15) is 23.7 Å². The quantitative estimate of drug-likeness (QED) is 0.492. The summed E-state index contributed by atoms with van der Waals surface area (Å²) in [5, 5.41) is 10.2. The Morgan fingerprint density at radius 3 is 1.96 bits per heavy atom. The van der Waals surface area contributed by atoms with E-state index in [0.717, 1.165) is 11.3 Å². The molecule has 0 saturated carbocycles. The molecule has 0 fully saturated rings. The van der Waals surface area contributed by atoms with E-state index in [1.807, 2.05) is 0 Å². The van der Waals surface area contributed by atoms with Gasteiger partial charge in [0.2, 0.25) is 0 Å². The third kappa shape index (κ3) is 4.36. The standard InChI is InChI=1S/C8H7F2N5.C7H7N5/c9-8(10)15-7(11)1-6(14-15)5-2-12-4-13-3-5;8-7-1-6(11-12-7)5-2-9-4-10-3-5/h1-4,8H,11H2;1-4H,(H3,8,11,12). The molecule has 0 atom stereocenters. The molecule has 10 nitrogen and oxygen atoms in total. The molecule has 0 aliphatic carbocycles. The van der Waals surface area contributed by atoms with Crippen molar-refractivity contribution in [3.63, 3.8) is 0 Å². The SMILES string of the molecule is Nc1cc(-c2cncnc2)[nH]n1.Nc1cc(-c2cncnc2)nn1C(F)F. The predicted molar refractivity (Wildman–Crippen MR) is 92.9 cm³/mol. The van der Waals surface area contributed by atoms with Crippen LogP contribution in [-0.4, -0.2) is 39.9 Å². The Balaban J connectivity index is 0.000000159. The first-order valence-electron chi connectivity index (χ1n) is 7.49. The van der Waals surface area contributed by atoms with E-state index in [4.69, 9.17) is 11.5 Å². The largest absolute Gasteiger partial charge is 0.384 e. The molecule has 12 heteroatoms. The van der Waals surface area contributed by atoms with Crippen molar-refractivity contribution in [1.29, 1.82) is 0 Å². The molecule has 4 heterocycles. The first-order chi connectivity index (χ1) is 13.0. The molecule has 0 aromatic carbocycles. The number of nitrogen functional groups attached to an aromatic ring is 2. The fourth-order valence-corrected chi connectivity index (χ4v) is 2.06. The van der Waals surface area contributed by atoms with Crippen LogP contribution >= 0.6 is 0 Å². The van der Waals surface area contributed by atoms with Gasteiger partial charge in [0.1, 0.15) is 24.3 Å². The van der Waals surface area contributed by atoms with Crippen LogP contribution in [-0.2, 0) is 0 Å².